The third kappa shape index (κ3) is 11.0. The fourth-order valence-corrected chi connectivity index (χ4v) is 1.40. The largest absolute Gasteiger partial charge is 0.355 e. The van der Waals surface area contributed by atoms with Gasteiger partial charge in [-0.1, -0.05) is 39.0 Å². The molecule has 0 aliphatic carbocycles. The van der Waals surface area contributed by atoms with E-state index in [1.54, 1.807) is 0 Å². The molecule has 0 aromatic carbocycles. The number of hydrogen-bond acceptors (Lipinski definition) is 2. The van der Waals surface area contributed by atoms with Crippen LogP contribution in [0.2, 0.25) is 0 Å². The molecule has 0 rings (SSSR count). The van der Waals surface area contributed by atoms with Gasteiger partial charge in [0.1, 0.15) is 0 Å². The zero-order valence-electron chi connectivity index (χ0n) is 10.5. The van der Waals surface area contributed by atoms with Crippen molar-refractivity contribution >= 4 is 11.8 Å². The standard InChI is InChI=1S/C12H24N2O2/c1-3-4-5-6-7-8-9-13-12(16)10-14-11(2)15/h3-10H2,1-2H3,(H,13,16)(H,14,15). The Morgan fingerprint density at radius 3 is 2.19 bits per heavy atom. The maximum atomic E-state index is 11.2. The van der Waals surface area contributed by atoms with Gasteiger partial charge >= 0.3 is 0 Å². The lowest BCUT2D eigenvalue weighted by Gasteiger charge is -2.05. The summed E-state index contributed by atoms with van der Waals surface area (Å²) < 4.78 is 0. The molecule has 2 amide bonds. The first-order valence-corrected chi connectivity index (χ1v) is 6.18. The van der Waals surface area contributed by atoms with Crippen molar-refractivity contribution in [3.05, 3.63) is 0 Å². The molecule has 0 heterocycles. The van der Waals surface area contributed by atoms with Crippen LogP contribution in [0.5, 0.6) is 0 Å². The average Bonchev–Trinajstić information content (AvgIpc) is 2.25. The molecule has 2 N–H and O–H groups in total. The molecule has 0 aliphatic rings. The molecule has 0 fully saturated rings. The van der Waals surface area contributed by atoms with Gasteiger partial charge in [0.25, 0.3) is 0 Å². The third-order valence-corrected chi connectivity index (χ3v) is 2.35. The smallest absolute Gasteiger partial charge is 0.239 e. The van der Waals surface area contributed by atoms with Crippen LogP contribution in [-0.2, 0) is 9.59 Å². The normalized spacial score (nSPS) is 9.88. The van der Waals surface area contributed by atoms with Crippen LogP contribution in [0.4, 0.5) is 0 Å². The van der Waals surface area contributed by atoms with E-state index >= 15 is 0 Å². The average molecular weight is 228 g/mol. The number of rotatable bonds is 9. The quantitative estimate of drug-likeness (QED) is 0.589. The first-order valence-electron chi connectivity index (χ1n) is 6.18. The molecule has 4 heteroatoms. The van der Waals surface area contributed by atoms with Crippen molar-refractivity contribution in [2.75, 3.05) is 13.1 Å². The van der Waals surface area contributed by atoms with Crippen LogP contribution in [0.1, 0.15) is 52.4 Å². The number of carbonyl (C=O) groups excluding carboxylic acids is 2. The summed E-state index contributed by atoms with van der Waals surface area (Å²) in [6, 6.07) is 0. The van der Waals surface area contributed by atoms with Gasteiger partial charge in [-0.2, -0.15) is 0 Å². The first kappa shape index (κ1) is 14.9. The lowest BCUT2D eigenvalue weighted by molar-refractivity contribution is -0.125. The van der Waals surface area contributed by atoms with Gasteiger partial charge in [0, 0.05) is 13.5 Å². The van der Waals surface area contributed by atoms with E-state index in [1.165, 1.54) is 39.0 Å². The zero-order chi connectivity index (χ0) is 12.2. The van der Waals surface area contributed by atoms with E-state index in [2.05, 4.69) is 17.6 Å². The molecule has 0 atom stereocenters. The Morgan fingerprint density at radius 2 is 1.56 bits per heavy atom. The molecule has 0 saturated carbocycles. The maximum Gasteiger partial charge on any atom is 0.239 e. The summed E-state index contributed by atoms with van der Waals surface area (Å²) in [6.07, 6.45) is 7.28. The van der Waals surface area contributed by atoms with E-state index in [0.29, 0.717) is 6.54 Å². The Balaban J connectivity index is 3.18. The number of carbonyl (C=O) groups is 2. The Morgan fingerprint density at radius 1 is 0.938 bits per heavy atom. The Kier molecular flexibility index (Phi) is 9.76. The number of amides is 2. The fourth-order valence-electron chi connectivity index (χ4n) is 1.40. The van der Waals surface area contributed by atoms with Gasteiger partial charge in [-0.25, -0.2) is 0 Å². The van der Waals surface area contributed by atoms with Crippen molar-refractivity contribution in [3.8, 4) is 0 Å². The van der Waals surface area contributed by atoms with Crippen molar-refractivity contribution in [1.29, 1.82) is 0 Å². The lowest BCUT2D eigenvalue weighted by Crippen LogP contribution is -2.36. The first-order chi connectivity index (χ1) is 7.66. The van der Waals surface area contributed by atoms with Gasteiger partial charge in [-0.15, -0.1) is 0 Å². The van der Waals surface area contributed by atoms with Crippen LogP contribution in [0.25, 0.3) is 0 Å². The van der Waals surface area contributed by atoms with E-state index < -0.39 is 0 Å². The molecule has 0 saturated heterocycles. The summed E-state index contributed by atoms with van der Waals surface area (Å²) in [6.45, 7) is 4.40. The highest BCUT2D eigenvalue weighted by atomic mass is 16.2. The van der Waals surface area contributed by atoms with Crippen molar-refractivity contribution in [2.24, 2.45) is 0 Å². The molecule has 0 bridgehead atoms. The Hall–Kier alpha value is -1.06. The number of nitrogens with one attached hydrogen (secondary N) is 2. The van der Waals surface area contributed by atoms with Gasteiger partial charge in [0.05, 0.1) is 6.54 Å². The second-order valence-electron chi connectivity index (χ2n) is 4.03. The van der Waals surface area contributed by atoms with Crippen LogP contribution >= 0.6 is 0 Å². The predicted octanol–water partition coefficient (Wildman–Crippen LogP) is 1.60. The predicted molar refractivity (Wildman–Crippen MR) is 65.1 cm³/mol. The topological polar surface area (TPSA) is 58.2 Å². The second kappa shape index (κ2) is 10.5. The van der Waals surface area contributed by atoms with E-state index in [1.807, 2.05) is 0 Å². The molecule has 0 aromatic heterocycles. The van der Waals surface area contributed by atoms with E-state index in [9.17, 15) is 9.59 Å². The van der Waals surface area contributed by atoms with Crippen LogP contribution < -0.4 is 10.6 Å². The molecule has 16 heavy (non-hydrogen) atoms. The molecule has 0 radical (unpaired) electrons. The van der Waals surface area contributed by atoms with Crippen molar-refractivity contribution in [3.63, 3.8) is 0 Å². The Bertz CT molecular complexity index is 205. The van der Waals surface area contributed by atoms with Crippen LogP contribution in [0, 0.1) is 0 Å². The summed E-state index contributed by atoms with van der Waals surface area (Å²) in [4.78, 5) is 21.7. The monoisotopic (exact) mass is 228 g/mol. The van der Waals surface area contributed by atoms with Crippen molar-refractivity contribution in [1.82, 2.24) is 10.6 Å². The summed E-state index contributed by atoms with van der Waals surface area (Å²) in [5, 5.41) is 5.24. The van der Waals surface area contributed by atoms with Crippen molar-refractivity contribution in [2.45, 2.75) is 52.4 Å². The fraction of sp³-hybridized carbons (Fsp3) is 0.833. The zero-order valence-corrected chi connectivity index (χ0v) is 10.5. The van der Waals surface area contributed by atoms with Crippen LogP contribution in [-0.4, -0.2) is 24.9 Å². The number of hydrogen-bond donors (Lipinski definition) is 2. The summed E-state index contributed by atoms with van der Waals surface area (Å²) >= 11 is 0. The molecular weight excluding hydrogens is 204 g/mol. The van der Waals surface area contributed by atoms with Crippen LogP contribution in [0.3, 0.4) is 0 Å². The van der Waals surface area contributed by atoms with Gasteiger partial charge in [-0.3, -0.25) is 9.59 Å². The highest BCUT2D eigenvalue weighted by Gasteiger charge is 2.00. The summed E-state index contributed by atoms with van der Waals surface area (Å²) in [5.41, 5.74) is 0. The lowest BCUT2D eigenvalue weighted by atomic mass is 10.1. The number of unbranched alkanes of at least 4 members (excludes halogenated alkanes) is 5. The summed E-state index contributed by atoms with van der Waals surface area (Å²) in [7, 11) is 0. The van der Waals surface area contributed by atoms with Gasteiger partial charge in [0.2, 0.25) is 11.8 Å². The van der Waals surface area contributed by atoms with Crippen molar-refractivity contribution < 1.29 is 9.59 Å². The Labute approximate surface area is 98.2 Å². The van der Waals surface area contributed by atoms with Gasteiger partial charge in [-0.05, 0) is 6.42 Å². The maximum absolute atomic E-state index is 11.2. The SMILES string of the molecule is CCCCCCCCNC(=O)CNC(C)=O. The van der Waals surface area contributed by atoms with Crippen LogP contribution in [0.15, 0.2) is 0 Å². The van der Waals surface area contributed by atoms with Gasteiger partial charge < -0.3 is 10.6 Å². The van der Waals surface area contributed by atoms with E-state index in [-0.39, 0.29) is 18.4 Å². The van der Waals surface area contributed by atoms with Gasteiger partial charge in [0.15, 0.2) is 0 Å². The highest BCUT2D eigenvalue weighted by molar-refractivity contribution is 5.83. The minimum absolute atomic E-state index is 0.0885. The second-order valence-corrected chi connectivity index (χ2v) is 4.03. The molecule has 4 nitrogen and oxygen atoms in total. The molecule has 94 valence electrons. The summed E-state index contributed by atoms with van der Waals surface area (Å²) in [5.74, 6) is -0.279. The molecule has 0 unspecified atom stereocenters. The van der Waals surface area contributed by atoms with E-state index in [0.717, 1.165) is 6.42 Å². The third-order valence-electron chi connectivity index (χ3n) is 2.35. The minimum atomic E-state index is -0.172. The molecule has 0 aliphatic heterocycles. The molecule has 0 aromatic rings. The molecular formula is C12H24N2O2. The van der Waals surface area contributed by atoms with E-state index in [4.69, 9.17) is 0 Å². The molecule has 0 spiro atoms. The minimum Gasteiger partial charge on any atom is -0.355 e. The highest BCUT2D eigenvalue weighted by Crippen LogP contribution is 2.03.